The van der Waals surface area contributed by atoms with Gasteiger partial charge in [-0.1, -0.05) is 55.9 Å². The summed E-state index contributed by atoms with van der Waals surface area (Å²) in [6.45, 7) is 6.70. The van der Waals surface area contributed by atoms with Crippen LogP contribution in [0, 0.1) is 0 Å². The zero-order valence-corrected chi connectivity index (χ0v) is 15.3. The molecule has 2 rings (SSSR count). The van der Waals surface area contributed by atoms with Gasteiger partial charge in [-0.15, -0.1) is 0 Å². The van der Waals surface area contributed by atoms with E-state index < -0.39 is 10.0 Å². The van der Waals surface area contributed by atoms with E-state index in [2.05, 4.69) is 24.0 Å². The maximum absolute atomic E-state index is 12.4. The van der Waals surface area contributed by atoms with Crippen LogP contribution < -0.4 is 0 Å². The second-order valence-corrected chi connectivity index (χ2v) is 8.39. The van der Waals surface area contributed by atoms with Gasteiger partial charge in [0, 0.05) is 24.5 Å². The molecule has 0 bridgehead atoms. The minimum atomic E-state index is -3.44. The fraction of sp³-hybridized carbons (Fsp3) is 0.353. The Bertz CT molecular complexity index is 712. The Labute approximate surface area is 143 Å². The van der Waals surface area contributed by atoms with Crippen molar-refractivity contribution >= 4 is 21.8 Å². The standard InChI is InChI=1S/C17H22N2O2S2/c1-4-19(5-2)23(20,21)16-11-12-17(18-13-16)22-14(3)15-9-7-6-8-10-15/h6-14H,4-5H2,1-3H3. The zero-order chi connectivity index (χ0) is 16.9. The lowest BCUT2D eigenvalue weighted by molar-refractivity contribution is 0.445. The van der Waals surface area contributed by atoms with Crippen molar-refractivity contribution in [3.8, 4) is 0 Å². The van der Waals surface area contributed by atoms with Crippen LogP contribution in [0.15, 0.2) is 58.6 Å². The lowest BCUT2D eigenvalue weighted by atomic mass is 10.2. The Morgan fingerprint density at radius 1 is 1.09 bits per heavy atom. The van der Waals surface area contributed by atoms with Gasteiger partial charge in [-0.25, -0.2) is 13.4 Å². The van der Waals surface area contributed by atoms with Gasteiger partial charge in [0.25, 0.3) is 0 Å². The third-order valence-electron chi connectivity index (χ3n) is 3.62. The molecule has 1 atom stereocenters. The Morgan fingerprint density at radius 2 is 1.74 bits per heavy atom. The third kappa shape index (κ3) is 4.34. The van der Waals surface area contributed by atoms with Gasteiger partial charge in [-0.2, -0.15) is 4.31 Å². The van der Waals surface area contributed by atoms with Gasteiger partial charge in [-0.05, 0) is 24.6 Å². The van der Waals surface area contributed by atoms with E-state index in [1.54, 1.807) is 23.9 Å². The van der Waals surface area contributed by atoms with Crippen LogP contribution >= 0.6 is 11.8 Å². The number of rotatable bonds is 7. The average molecular weight is 351 g/mol. The molecular formula is C17H22N2O2S2. The molecule has 0 aliphatic rings. The van der Waals surface area contributed by atoms with Crippen LogP contribution in [0.25, 0.3) is 0 Å². The number of sulfonamides is 1. The van der Waals surface area contributed by atoms with Crippen LogP contribution in [0.4, 0.5) is 0 Å². The Kier molecular flexibility index (Phi) is 6.21. The third-order valence-corrected chi connectivity index (χ3v) is 6.76. The predicted molar refractivity (Wildman–Crippen MR) is 95.1 cm³/mol. The van der Waals surface area contributed by atoms with Gasteiger partial charge in [0.05, 0.1) is 5.03 Å². The topological polar surface area (TPSA) is 50.3 Å². The highest BCUT2D eigenvalue weighted by molar-refractivity contribution is 7.99. The first-order valence-corrected chi connectivity index (χ1v) is 9.98. The first kappa shape index (κ1) is 18.0. The van der Waals surface area contributed by atoms with E-state index in [0.717, 1.165) is 5.03 Å². The van der Waals surface area contributed by atoms with Gasteiger partial charge < -0.3 is 0 Å². The molecule has 124 valence electrons. The van der Waals surface area contributed by atoms with E-state index in [0.29, 0.717) is 13.1 Å². The molecule has 6 heteroatoms. The molecule has 1 aromatic carbocycles. The van der Waals surface area contributed by atoms with Crippen molar-refractivity contribution in [3.63, 3.8) is 0 Å². The number of benzene rings is 1. The smallest absolute Gasteiger partial charge is 0.244 e. The van der Waals surface area contributed by atoms with Crippen LogP contribution in [0.5, 0.6) is 0 Å². The van der Waals surface area contributed by atoms with E-state index in [1.165, 1.54) is 16.1 Å². The van der Waals surface area contributed by atoms with E-state index in [-0.39, 0.29) is 10.1 Å². The molecule has 1 heterocycles. The largest absolute Gasteiger partial charge is 0.249 e. The normalized spacial score (nSPS) is 13.2. The molecule has 0 radical (unpaired) electrons. The van der Waals surface area contributed by atoms with Gasteiger partial charge in [0.2, 0.25) is 10.0 Å². The van der Waals surface area contributed by atoms with Crippen LogP contribution in [-0.2, 0) is 10.0 Å². The second-order valence-electron chi connectivity index (χ2n) is 5.09. The molecule has 0 N–H and O–H groups in total. The second kappa shape index (κ2) is 7.95. The monoisotopic (exact) mass is 350 g/mol. The molecule has 4 nitrogen and oxygen atoms in total. The van der Waals surface area contributed by atoms with Crippen molar-refractivity contribution in [1.82, 2.24) is 9.29 Å². The van der Waals surface area contributed by atoms with Crippen molar-refractivity contribution in [3.05, 3.63) is 54.2 Å². The van der Waals surface area contributed by atoms with Crippen molar-refractivity contribution < 1.29 is 8.42 Å². The highest BCUT2D eigenvalue weighted by Crippen LogP contribution is 2.33. The summed E-state index contributed by atoms with van der Waals surface area (Å²) < 4.78 is 26.3. The molecule has 0 saturated heterocycles. The quantitative estimate of drug-likeness (QED) is 0.709. The van der Waals surface area contributed by atoms with Crippen LogP contribution in [0.2, 0.25) is 0 Å². The Morgan fingerprint density at radius 3 is 2.26 bits per heavy atom. The van der Waals surface area contributed by atoms with Crippen molar-refractivity contribution in [2.45, 2.75) is 35.9 Å². The number of pyridine rings is 1. The Hall–Kier alpha value is -1.37. The van der Waals surface area contributed by atoms with Gasteiger partial charge in [0.1, 0.15) is 4.90 Å². The fourth-order valence-electron chi connectivity index (χ4n) is 2.27. The average Bonchev–Trinajstić information content (AvgIpc) is 2.57. The van der Waals surface area contributed by atoms with Crippen LogP contribution in [0.3, 0.4) is 0 Å². The summed E-state index contributed by atoms with van der Waals surface area (Å²) >= 11 is 1.62. The summed E-state index contributed by atoms with van der Waals surface area (Å²) in [4.78, 5) is 4.57. The lowest BCUT2D eigenvalue weighted by Crippen LogP contribution is -2.30. The van der Waals surface area contributed by atoms with E-state index in [9.17, 15) is 8.42 Å². The maximum atomic E-state index is 12.4. The minimum Gasteiger partial charge on any atom is -0.249 e. The first-order chi connectivity index (χ1) is 11.0. The molecule has 0 aliphatic carbocycles. The molecule has 0 aliphatic heterocycles. The fourth-order valence-corrected chi connectivity index (χ4v) is 4.59. The SMILES string of the molecule is CCN(CC)S(=O)(=O)c1ccc(SC(C)c2ccccc2)nc1. The first-order valence-electron chi connectivity index (χ1n) is 7.66. The molecular weight excluding hydrogens is 328 g/mol. The minimum absolute atomic E-state index is 0.248. The van der Waals surface area contributed by atoms with Crippen molar-refractivity contribution in [2.75, 3.05) is 13.1 Å². The van der Waals surface area contributed by atoms with Crippen molar-refractivity contribution in [1.29, 1.82) is 0 Å². The lowest BCUT2D eigenvalue weighted by Gasteiger charge is -2.18. The number of aromatic nitrogens is 1. The summed E-state index contributed by atoms with van der Waals surface area (Å²) in [5.41, 5.74) is 1.22. The summed E-state index contributed by atoms with van der Waals surface area (Å²) in [6, 6.07) is 13.6. The molecule has 1 unspecified atom stereocenters. The van der Waals surface area contributed by atoms with E-state index >= 15 is 0 Å². The molecule has 2 aromatic rings. The molecule has 0 fully saturated rings. The van der Waals surface area contributed by atoms with Gasteiger partial charge in [-0.3, -0.25) is 0 Å². The molecule has 1 aromatic heterocycles. The molecule has 0 spiro atoms. The molecule has 23 heavy (non-hydrogen) atoms. The molecule has 0 saturated carbocycles. The Balaban J connectivity index is 2.14. The summed E-state index contributed by atoms with van der Waals surface area (Å²) in [5.74, 6) is 0. The van der Waals surface area contributed by atoms with Crippen molar-refractivity contribution in [2.24, 2.45) is 0 Å². The predicted octanol–water partition coefficient (Wildman–Crippen LogP) is 3.97. The highest BCUT2D eigenvalue weighted by atomic mass is 32.2. The summed E-state index contributed by atoms with van der Waals surface area (Å²) in [6.07, 6.45) is 1.45. The number of thioether (sulfide) groups is 1. The number of hydrogen-bond donors (Lipinski definition) is 0. The number of nitrogens with zero attached hydrogens (tertiary/aromatic N) is 2. The summed E-state index contributed by atoms with van der Waals surface area (Å²) in [5, 5.41) is 1.08. The van der Waals surface area contributed by atoms with Gasteiger partial charge >= 0.3 is 0 Å². The zero-order valence-electron chi connectivity index (χ0n) is 13.6. The van der Waals surface area contributed by atoms with Crippen LogP contribution in [0.1, 0.15) is 31.6 Å². The van der Waals surface area contributed by atoms with E-state index in [4.69, 9.17) is 0 Å². The van der Waals surface area contributed by atoms with Gasteiger partial charge in [0.15, 0.2) is 0 Å². The van der Waals surface area contributed by atoms with Crippen LogP contribution in [-0.4, -0.2) is 30.8 Å². The maximum Gasteiger partial charge on any atom is 0.244 e. The number of hydrogen-bond acceptors (Lipinski definition) is 4. The highest BCUT2D eigenvalue weighted by Gasteiger charge is 2.22. The van der Waals surface area contributed by atoms with E-state index in [1.807, 2.05) is 32.0 Å². The summed E-state index contributed by atoms with van der Waals surface area (Å²) in [7, 11) is -3.44. The molecule has 0 amide bonds.